The number of piperidine rings is 1. The van der Waals surface area contributed by atoms with E-state index in [9.17, 15) is 41.0 Å². The lowest BCUT2D eigenvalue weighted by atomic mass is 9.89. The third kappa shape index (κ3) is 7.24. The second-order valence-electron chi connectivity index (χ2n) is 10.3. The Hall–Kier alpha value is -3.06. The van der Waals surface area contributed by atoms with Crippen molar-refractivity contribution in [1.29, 1.82) is 0 Å². The molecule has 7 nitrogen and oxygen atoms in total. The Balaban J connectivity index is 1.58. The molecule has 2 aromatic rings. The number of rotatable bonds is 8. The first-order chi connectivity index (χ1) is 19.0. The number of pyridine rings is 1. The van der Waals surface area contributed by atoms with Crippen LogP contribution in [-0.4, -0.2) is 78.7 Å². The van der Waals surface area contributed by atoms with Crippen LogP contribution < -0.4 is 4.90 Å². The Morgan fingerprint density at radius 3 is 2.17 bits per heavy atom. The van der Waals surface area contributed by atoms with Crippen molar-refractivity contribution in [3.05, 3.63) is 58.2 Å². The predicted molar refractivity (Wildman–Crippen MR) is 140 cm³/mol. The van der Waals surface area contributed by atoms with Gasteiger partial charge in [-0.15, -0.1) is 0 Å². The fourth-order valence-corrected chi connectivity index (χ4v) is 5.01. The van der Waals surface area contributed by atoms with Crippen LogP contribution in [0.1, 0.15) is 47.2 Å². The zero-order valence-electron chi connectivity index (χ0n) is 22.7. The third-order valence-electron chi connectivity index (χ3n) is 7.19. The lowest BCUT2D eigenvalue weighted by Crippen LogP contribution is -2.55. The maximum Gasteiger partial charge on any atom is 0.430 e. The van der Waals surface area contributed by atoms with Crippen LogP contribution in [-0.2, 0) is 16.6 Å². The summed E-state index contributed by atoms with van der Waals surface area (Å²) < 4.78 is 81.0. The Labute approximate surface area is 238 Å². The van der Waals surface area contributed by atoms with Crippen molar-refractivity contribution in [2.75, 3.05) is 45.7 Å². The Morgan fingerprint density at radius 1 is 1.02 bits per heavy atom. The average molecular weight is 609 g/mol. The molecule has 3 rings (SSSR count). The Bertz CT molecular complexity index is 1250. The average Bonchev–Trinajstić information content (AvgIpc) is 2.91. The van der Waals surface area contributed by atoms with Gasteiger partial charge in [0.1, 0.15) is 11.0 Å². The number of likely N-dealkylation sites (N-methyl/N-ethyl adjacent to an activating group) is 1. The van der Waals surface area contributed by atoms with Crippen molar-refractivity contribution in [2.24, 2.45) is 5.92 Å². The Morgan fingerprint density at radius 2 is 1.63 bits per heavy atom. The predicted octanol–water partition coefficient (Wildman–Crippen LogP) is 5.36. The van der Waals surface area contributed by atoms with E-state index >= 15 is 0 Å². The minimum atomic E-state index is -5.55. The first kappa shape index (κ1) is 32.5. The van der Waals surface area contributed by atoms with Crippen molar-refractivity contribution in [2.45, 2.75) is 43.6 Å². The topological polar surface area (TPSA) is 77.0 Å². The summed E-state index contributed by atoms with van der Waals surface area (Å²) in [6.07, 6.45) is -8.11. The van der Waals surface area contributed by atoms with E-state index in [-0.39, 0.29) is 29.6 Å². The number of amides is 2. The number of carbonyl (C=O) groups is 2. The van der Waals surface area contributed by atoms with E-state index < -0.39 is 35.0 Å². The highest BCUT2D eigenvalue weighted by molar-refractivity contribution is 6.32. The molecule has 1 fully saturated rings. The third-order valence-corrected chi connectivity index (χ3v) is 7.48. The minimum absolute atomic E-state index is 0.0972. The zero-order chi connectivity index (χ0) is 30.8. The number of aliphatic hydroxyl groups is 1. The van der Waals surface area contributed by atoms with E-state index in [1.54, 1.807) is 26.2 Å². The maximum absolute atomic E-state index is 13.9. The second kappa shape index (κ2) is 12.4. The molecule has 0 saturated carbocycles. The molecule has 0 radical (unpaired) electrons. The van der Waals surface area contributed by atoms with Gasteiger partial charge in [0.15, 0.2) is 0 Å². The second-order valence-corrected chi connectivity index (χ2v) is 10.7. The molecule has 1 N–H and O–H groups in total. The van der Waals surface area contributed by atoms with Gasteiger partial charge in [-0.3, -0.25) is 9.59 Å². The fourth-order valence-electron chi connectivity index (χ4n) is 4.78. The molecule has 0 aliphatic carbocycles. The lowest BCUT2D eigenvalue weighted by Gasteiger charge is -2.35. The molecular formula is C27H31ClF6N4O3. The summed E-state index contributed by atoms with van der Waals surface area (Å²) in [6.45, 7) is 1.13. The molecule has 1 aliphatic rings. The van der Waals surface area contributed by atoms with Crippen LogP contribution in [0.15, 0.2) is 36.4 Å². The number of alkyl halides is 6. The number of hydrogen-bond acceptors (Lipinski definition) is 5. The molecule has 0 bridgehead atoms. The van der Waals surface area contributed by atoms with Crippen LogP contribution in [0, 0.1) is 5.92 Å². The molecule has 1 aromatic heterocycles. The van der Waals surface area contributed by atoms with Crippen LogP contribution in [0.4, 0.5) is 32.2 Å². The molecular weight excluding hydrogens is 578 g/mol. The first-order valence-electron chi connectivity index (χ1n) is 12.8. The van der Waals surface area contributed by atoms with E-state index in [0.29, 0.717) is 54.3 Å². The Kier molecular flexibility index (Phi) is 9.84. The van der Waals surface area contributed by atoms with Crippen molar-refractivity contribution in [1.82, 2.24) is 14.8 Å². The van der Waals surface area contributed by atoms with Gasteiger partial charge in [-0.25, -0.2) is 4.98 Å². The molecule has 2 heterocycles. The van der Waals surface area contributed by atoms with Gasteiger partial charge in [0, 0.05) is 46.3 Å². The number of aromatic nitrogens is 1. The normalized spacial score (nSPS) is 16.3. The van der Waals surface area contributed by atoms with Gasteiger partial charge in [0.2, 0.25) is 0 Å². The number of carbonyl (C=O) groups excluding carboxylic acids is 2. The summed E-state index contributed by atoms with van der Waals surface area (Å²) in [4.78, 5) is 33.4. The van der Waals surface area contributed by atoms with Crippen molar-refractivity contribution < 1.29 is 41.0 Å². The van der Waals surface area contributed by atoms with Gasteiger partial charge >= 0.3 is 12.4 Å². The van der Waals surface area contributed by atoms with Gasteiger partial charge < -0.3 is 19.8 Å². The molecule has 1 aromatic carbocycles. The van der Waals surface area contributed by atoms with E-state index in [4.69, 9.17) is 11.6 Å². The molecule has 41 heavy (non-hydrogen) atoms. The van der Waals surface area contributed by atoms with Crippen LogP contribution in [0.2, 0.25) is 5.15 Å². The zero-order valence-corrected chi connectivity index (χ0v) is 23.4. The number of halogens is 7. The van der Waals surface area contributed by atoms with Gasteiger partial charge in [-0.1, -0.05) is 23.7 Å². The van der Waals surface area contributed by atoms with Gasteiger partial charge in [-0.2, -0.15) is 26.3 Å². The monoisotopic (exact) mass is 608 g/mol. The highest BCUT2D eigenvalue weighted by Gasteiger charge is 2.62. The number of nitrogens with zero attached hydrogens (tertiary/aromatic N) is 4. The van der Waals surface area contributed by atoms with Crippen molar-refractivity contribution in [3.8, 4) is 0 Å². The number of hydrogen-bond donors (Lipinski definition) is 1. The largest absolute Gasteiger partial charge is 0.430 e. The molecule has 1 unspecified atom stereocenters. The number of anilines is 1. The van der Waals surface area contributed by atoms with E-state index in [0.717, 1.165) is 26.0 Å². The highest BCUT2D eigenvalue weighted by Crippen LogP contribution is 2.42. The van der Waals surface area contributed by atoms with Crippen LogP contribution in [0.5, 0.6) is 0 Å². The molecule has 226 valence electrons. The quantitative estimate of drug-likeness (QED) is 0.323. The molecule has 2 amide bonds. The van der Waals surface area contributed by atoms with Crippen LogP contribution in [0.25, 0.3) is 0 Å². The summed E-state index contributed by atoms with van der Waals surface area (Å²) in [7, 11) is 4.30. The molecule has 0 spiro atoms. The first-order valence-corrected chi connectivity index (χ1v) is 13.2. The summed E-state index contributed by atoms with van der Waals surface area (Å²) in [5.74, 6) is -1.18. The van der Waals surface area contributed by atoms with Crippen molar-refractivity contribution in [3.63, 3.8) is 0 Å². The highest BCUT2D eigenvalue weighted by atomic mass is 35.5. The molecule has 1 aliphatic heterocycles. The van der Waals surface area contributed by atoms with Gasteiger partial charge in [-0.05, 0) is 55.9 Å². The van der Waals surface area contributed by atoms with Crippen LogP contribution >= 0.6 is 11.6 Å². The van der Waals surface area contributed by atoms with Crippen LogP contribution in [0.3, 0.4) is 0 Å². The smallest absolute Gasteiger partial charge is 0.369 e. The van der Waals surface area contributed by atoms with E-state index in [1.807, 2.05) is 4.90 Å². The molecule has 1 saturated heterocycles. The lowest BCUT2D eigenvalue weighted by molar-refractivity contribution is -0.261. The summed E-state index contributed by atoms with van der Waals surface area (Å²) >= 11 is 6.21. The summed E-state index contributed by atoms with van der Waals surface area (Å²) in [5.41, 5.74) is -6.44. The standard InChI is InChI=1S/C27H31ClF6N4O3/c1-36(2)23(39)20-9-10-21(35-22(20)28)38-14-11-17(12-15-38)6-5-13-37(3)24(40)25(41,27(32,33)34)18-7-4-8-19(16-18)26(29,30)31/h4,7-10,16-17,41H,5-6,11-15H2,1-3H3. The van der Waals surface area contributed by atoms with Gasteiger partial charge in [0.05, 0.1) is 11.1 Å². The van der Waals surface area contributed by atoms with Crippen molar-refractivity contribution >= 4 is 29.2 Å². The molecule has 14 heteroatoms. The van der Waals surface area contributed by atoms with E-state index in [2.05, 4.69) is 4.98 Å². The SMILES string of the molecule is CN(C)C(=O)c1ccc(N2CCC(CCCN(C)C(=O)C(O)(c3cccc(C(F)(F)F)c3)C(F)(F)F)CC2)nc1Cl. The maximum atomic E-state index is 13.9. The minimum Gasteiger partial charge on any atom is -0.369 e. The van der Waals surface area contributed by atoms with E-state index in [1.165, 1.54) is 4.90 Å². The number of benzene rings is 1. The summed E-state index contributed by atoms with van der Waals surface area (Å²) in [6, 6.07) is 5.41. The van der Waals surface area contributed by atoms with Gasteiger partial charge in [0.25, 0.3) is 17.4 Å². The fraction of sp³-hybridized carbons (Fsp3) is 0.519. The molecule has 1 atom stereocenters. The summed E-state index contributed by atoms with van der Waals surface area (Å²) in [5, 5.41) is 10.6.